The van der Waals surface area contributed by atoms with Crippen molar-refractivity contribution in [1.82, 2.24) is 4.31 Å². The van der Waals surface area contributed by atoms with Crippen LogP contribution in [0.4, 0.5) is 5.69 Å². The molecule has 2 fully saturated rings. The van der Waals surface area contributed by atoms with Crippen LogP contribution in [0.25, 0.3) is 0 Å². The summed E-state index contributed by atoms with van der Waals surface area (Å²) in [5, 5.41) is 0. The van der Waals surface area contributed by atoms with Gasteiger partial charge >= 0.3 is 0 Å². The van der Waals surface area contributed by atoms with Gasteiger partial charge in [0.2, 0.25) is 21.8 Å². The Morgan fingerprint density at radius 3 is 2.12 bits per heavy atom. The number of benzene rings is 1. The molecule has 2 saturated heterocycles. The predicted octanol–water partition coefficient (Wildman–Crippen LogP) is 1.91. The first-order valence-corrected chi connectivity index (χ1v) is 9.93. The normalized spacial score (nSPS) is 20.0. The Morgan fingerprint density at radius 2 is 1.56 bits per heavy atom. The first-order chi connectivity index (χ1) is 11.9. The average molecular weight is 366 g/mol. The third-order valence-electron chi connectivity index (χ3n) is 4.64. The number of carbonyl (C=O) groups excluding carboxylic acids is 2. The molecular formula is C17H22N2O5S. The van der Waals surface area contributed by atoms with Gasteiger partial charge in [0.25, 0.3) is 0 Å². The molecule has 0 atom stereocenters. The van der Waals surface area contributed by atoms with Crippen LogP contribution >= 0.6 is 0 Å². The van der Waals surface area contributed by atoms with Gasteiger partial charge in [0, 0.05) is 25.9 Å². The third kappa shape index (κ3) is 3.41. The summed E-state index contributed by atoms with van der Waals surface area (Å²) in [6.45, 7) is 0.939. The molecule has 0 spiro atoms. The fraction of sp³-hybridized carbons (Fsp3) is 0.529. The number of amides is 2. The van der Waals surface area contributed by atoms with Crippen molar-refractivity contribution in [3.05, 3.63) is 18.2 Å². The van der Waals surface area contributed by atoms with Crippen molar-refractivity contribution in [3.63, 3.8) is 0 Å². The second-order valence-electron chi connectivity index (χ2n) is 6.28. The second kappa shape index (κ2) is 7.13. The van der Waals surface area contributed by atoms with Gasteiger partial charge in [0.15, 0.2) is 0 Å². The molecule has 2 aliphatic rings. The maximum atomic E-state index is 13.1. The third-order valence-corrected chi connectivity index (χ3v) is 6.56. The highest BCUT2D eigenvalue weighted by atomic mass is 32.2. The van der Waals surface area contributed by atoms with Gasteiger partial charge in [-0.1, -0.05) is 12.8 Å². The minimum absolute atomic E-state index is 0.00176. The Morgan fingerprint density at radius 1 is 0.960 bits per heavy atom. The van der Waals surface area contributed by atoms with Crippen LogP contribution in [0, 0.1) is 0 Å². The number of rotatable bonds is 4. The van der Waals surface area contributed by atoms with Gasteiger partial charge in [0.05, 0.1) is 12.8 Å². The van der Waals surface area contributed by atoms with Gasteiger partial charge < -0.3 is 4.74 Å². The first-order valence-electron chi connectivity index (χ1n) is 8.49. The molecule has 0 N–H and O–H groups in total. The van der Waals surface area contributed by atoms with Crippen LogP contribution in [-0.4, -0.2) is 44.7 Å². The highest BCUT2D eigenvalue weighted by Gasteiger charge is 2.33. The lowest BCUT2D eigenvalue weighted by Gasteiger charge is -2.23. The highest BCUT2D eigenvalue weighted by Crippen LogP contribution is 2.33. The van der Waals surface area contributed by atoms with E-state index in [2.05, 4.69) is 0 Å². The molecule has 0 aromatic heterocycles. The smallest absolute Gasteiger partial charge is 0.246 e. The van der Waals surface area contributed by atoms with E-state index in [1.165, 1.54) is 23.5 Å². The maximum Gasteiger partial charge on any atom is 0.246 e. The fourth-order valence-electron chi connectivity index (χ4n) is 3.29. The molecule has 7 nitrogen and oxygen atoms in total. The van der Waals surface area contributed by atoms with E-state index >= 15 is 0 Å². The number of nitrogens with zero attached hydrogens (tertiary/aromatic N) is 2. The monoisotopic (exact) mass is 366 g/mol. The summed E-state index contributed by atoms with van der Waals surface area (Å²) in [5.74, 6) is -0.409. The number of hydrogen-bond donors (Lipinski definition) is 0. The number of methoxy groups -OCH3 is 1. The SMILES string of the molecule is COc1ccc(N2C(=O)CCC2=O)cc1S(=O)(=O)N1CCCCCC1. The summed E-state index contributed by atoms with van der Waals surface area (Å²) in [6, 6.07) is 4.42. The highest BCUT2D eigenvalue weighted by molar-refractivity contribution is 7.89. The van der Waals surface area contributed by atoms with Crippen LogP contribution in [0.3, 0.4) is 0 Å². The van der Waals surface area contributed by atoms with Crippen molar-refractivity contribution >= 4 is 27.5 Å². The molecule has 1 aromatic rings. The molecule has 8 heteroatoms. The van der Waals surface area contributed by atoms with E-state index in [4.69, 9.17) is 4.74 Å². The summed E-state index contributed by atoms with van der Waals surface area (Å²) in [7, 11) is -2.35. The minimum Gasteiger partial charge on any atom is -0.495 e. The molecule has 0 aliphatic carbocycles. The van der Waals surface area contributed by atoms with Crippen LogP contribution < -0.4 is 9.64 Å². The standard InChI is InChI=1S/C17H22N2O5S/c1-24-14-7-6-13(19-16(20)8-9-17(19)21)12-15(14)25(22,23)18-10-4-2-3-5-11-18/h6-7,12H,2-5,8-11H2,1H3. The Kier molecular flexibility index (Phi) is 5.10. The number of imide groups is 1. The van der Waals surface area contributed by atoms with Crippen LogP contribution in [-0.2, 0) is 19.6 Å². The largest absolute Gasteiger partial charge is 0.495 e. The molecule has 25 heavy (non-hydrogen) atoms. The number of sulfonamides is 1. The van der Waals surface area contributed by atoms with Gasteiger partial charge in [0.1, 0.15) is 10.6 Å². The molecule has 1 aromatic carbocycles. The van der Waals surface area contributed by atoms with Gasteiger partial charge in [-0.3, -0.25) is 14.5 Å². The van der Waals surface area contributed by atoms with Gasteiger partial charge in [-0.25, -0.2) is 8.42 Å². The number of ether oxygens (including phenoxy) is 1. The molecule has 2 amide bonds. The average Bonchev–Trinajstić information content (AvgIpc) is 2.82. The molecule has 2 aliphatic heterocycles. The zero-order valence-electron chi connectivity index (χ0n) is 14.2. The van der Waals surface area contributed by atoms with E-state index in [-0.39, 0.29) is 41.0 Å². The summed E-state index contributed by atoms with van der Waals surface area (Å²) in [6.07, 6.45) is 3.98. The van der Waals surface area contributed by atoms with E-state index < -0.39 is 10.0 Å². The Bertz CT molecular complexity index is 766. The van der Waals surface area contributed by atoms with Crippen molar-refractivity contribution in [2.75, 3.05) is 25.1 Å². The van der Waals surface area contributed by atoms with Gasteiger partial charge in [-0.15, -0.1) is 0 Å². The summed E-state index contributed by atoms with van der Waals surface area (Å²) in [5.41, 5.74) is 0.279. The second-order valence-corrected chi connectivity index (χ2v) is 8.18. The molecule has 0 radical (unpaired) electrons. The number of anilines is 1. The van der Waals surface area contributed by atoms with E-state index in [9.17, 15) is 18.0 Å². The van der Waals surface area contributed by atoms with Crippen molar-refractivity contribution < 1.29 is 22.7 Å². The fourth-order valence-corrected chi connectivity index (χ4v) is 4.98. The van der Waals surface area contributed by atoms with Crippen molar-refractivity contribution in [3.8, 4) is 5.75 Å². The zero-order valence-corrected chi connectivity index (χ0v) is 15.0. The quantitative estimate of drug-likeness (QED) is 0.760. The Labute approximate surface area is 147 Å². The van der Waals surface area contributed by atoms with E-state index in [1.54, 1.807) is 6.07 Å². The molecule has 136 valence electrons. The summed E-state index contributed by atoms with van der Waals surface area (Å²) < 4.78 is 32.9. The predicted molar refractivity (Wildman–Crippen MR) is 91.9 cm³/mol. The van der Waals surface area contributed by atoms with E-state index in [0.29, 0.717) is 13.1 Å². The van der Waals surface area contributed by atoms with Crippen LogP contribution in [0.1, 0.15) is 38.5 Å². The number of hydrogen-bond acceptors (Lipinski definition) is 5. The van der Waals surface area contributed by atoms with Gasteiger partial charge in [-0.2, -0.15) is 4.31 Å². The topological polar surface area (TPSA) is 84.0 Å². The molecular weight excluding hydrogens is 344 g/mol. The summed E-state index contributed by atoms with van der Waals surface area (Å²) in [4.78, 5) is 25.0. The molecule has 2 heterocycles. The van der Waals surface area contributed by atoms with Crippen molar-refractivity contribution in [2.24, 2.45) is 0 Å². The molecule has 3 rings (SSSR count). The van der Waals surface area contributed by atoms with Crippen LogP contribution in [0.5, 0.6) is 5.75 Å². The van der Waals surface area contributed by atoms with Crippen molar-refractivity contribution in [2.45, 2.75) is 43.4 Å². The molecule has 0 saturated carbocycles. The van der Waals surface area contributed by atoms with Crippen LogP contribution in [0.2, 0.25) is 0 Å². The molecule has 0 bridgehead atoms. The van der Waals surface area contributed by atoms with Gasteiger partial charge in [-0.05, 0) is 31.0 Å². The Hall–Kier alpha value is -1.93. The zero-order chi connectivity index (χ0) is 18.0. The summed E-state index contributed by atoms with van der Waals surface area (Å²) >= 11 is 0. The van der Waals surface area contributed by atoms with E-state index in [0.717, 1.165) is 30.6 Å². The minimum atomic E-state index is -3.76. The Balaban J connectivity index is 2.03. The number of carbonyl (C=O) groups is 2. The lowest BCUT2D eigenvalue weighted by atomic mass is 10.2. The van der Waals surface area contributed by atoms with Crippen LogP contribution in [0.15, 0.2) is 23.1 Å². The van der Waals surface area contributed by atoms with E-state index in [1.807, 2.05) is 0 Å². The lowest BCUT2D eigenvalue weighted by molar-refractivity contribution is -0.121. The first kappa shape index (κ1) is 17.9. The molecule has 0 unspecified atom stereocenters. The maximum absolute atomic E-state index is 13.1. The van der Waals surface area contributed by atoms with Crippen molar-refractivity contribution in [1.29, 1.82) is 0 Å². The lowest BCUT2D eigenvalue weighted by Crippen LogP contribution is -2.33.